The third-order valence-corrected chi connectivity index (χ3v) is 4.20. The number of nitrogens with one attached hydrogen (secondary N) is 1. The molecule has 3 rings (SSSR count). The Balaban J connectivity index is 1.83. The summed E-state index contributed by atoms with van der Waals surface area (Å²) >= 11 is 0. The molecular formula is C20H18N4O6. The van der Waals surface area contributed by atoms with Crippen LogP contribution in [-0.2, 0) is 11.3 Å². The molecule has 0 atom stereocenters. The lowest BCUT2D eigenvalue weighted by atomic mass is 10.1. The molecule has 0 fully saturated rings. The Bertz CT molecular complexity index is 1160. The molecule has 0 unspecified atom stereocenters. The predicted octanol–water partition coefficient (Wildman–Crippen LogP) is 2.47. The number of carbonyl (C=O) groups excluding carboxylic acids is 1. The van der Waals surface area contributed by atoms with Crippen LogP contribution in [0.25, 0.3) is 11.3 Å². The van der Waals surface area contributed by atoms with E-state index in [1.54, 1.807) is 24.3 Å². The number of rotatable bonds is 7. The summed E-state index contributed by atoms with van der Waals surface area (Å²) in [5.41, 5.74) is 0.604. The van der Waals surface area contributed by atoms with E-state index in [9.17, 15) is 19.7 Å². The van der Waals surface area contributed by atoms with E-state index in [0.717, 1.165) is 4.68 Å². The molecule has 10 heteroatoms. The van der Waals surface area contributed by atoms with Crippen molar-refractivity contribution in [2.45, 2.75) is 6.54 Å². The minimum absolute atomic E-state index is 0.101. The first-order chi connectivity index (χ1) is 14.4. The predicted molar refractivity (Wildman–Crippen MR) is 109 cm³/mol. The van der Waals surface area contributed by atoms with E-state index in [1.807, 2.05) is 0 Å². The summed E-state index contributed by atoms with van der Waals surface area (Å²) in [5, 5.41) is 17.8. The Labute approximate surface area is 170 Å². The summed E-state index contributed by atoms with van der Waals surface area (Å²) in [5.74, 6) is 0.463. The molecule has 3 aromatic rings. The van der Waals surface area contributed by atoms with Crippen LogP contribution in [0.3, 0.4) is 0 Å². The number of amides is 1. The highest BCUT2D eigenvalue weighted by Crippen LogP contribution is 2.29. The van der Waals surface area contributed by atoms with E-state index in [1.165, 1.54) is 44.6 Å². The smallest absolute Gasteiger partial charge is 0.270 e. The van der Waals surface area contributed by atoms with Crippen molar-refractivity contribution in [3.8, 4) is 22.8 Å². The highest BCUT2D eigenvalue weighted by atomic mass is 16.6. The lowest BCUT2D eigenvalue weighted by Crippen LogP contribution is -2.29. The fourth-order valence-corrected chi connectivity index (χ4v) is 2.72. The van der Waals surface area contributed by atoms with Crippen molar-refractivity contribution in [3.05, 3.63) is 75.1 Å². The van der Waals surface area contributed by atoms with Crippen molar-refractivity contribution in [1.29, 1.82) is 0 Å². The molecule has 0 aliphatic carbocycles. The van der Waals surface area contributed by atoms with Crippen LogP contribution in [0, 0.1) is 10.1 Å². The van der Waals surface area contributed by atoms with Gasteiger partial charge in [0.2, 0.25) is 5.91 Å². The van der Waals surface area contributed by atoms with Gasteiger partial charge in [-0.3, -0.25) is 19.7 Å². The summed E-state index contributed by atoms with van der Waals surface area (Å²) in [4.78, 5) is 35.1. The number of nitro benzene ring substituents is 1. The zero-order valence-electron chi connectivity index (χ0n) is 16.2. The van der Waals surface area contributed by atoms with Gasteiger partial charge in [0, 0.05) is 29.8 Å². The van der Waals surface area contributed by atoms with Crippen LogP contribution < -0.4 is 20.3 Å². The van der Waals surface area contributed by atoms with Gasteiger partial charge < -0.3 is 14.8 Å². The van der Waals surface area contributed by atoms with E-state index in [4.69, 9.17) is 9.47 Å². The number of aromatic nitrogens is 2. The van der Waals surface area contributed by atoms with Gasteiger partial charge in [-0.15, -0.1) is 0 Å². The van der Waals surface area contributed by atoms with Gasteiger partial charge in [-0.05, 0) is 18.2 Å². The Morgan fingerprint density at radius 2 is 1.93 bits per heavy atom. The van der Waals surface area contributed by atoms with Crippen molar-refractivity contribution >= 4 is 17.3 Å². The Hall–Kier alpha value is -4.21. The first kappa shape index (κ1) is 20.5. The molecule has 0 saturated carbocycles. The zero-order valence-corrected chi connectivity index (χ0v) is 16.2. The fourth-order valence-electron chi connectivity index (χ4n) is 2.72. The second-order valence-corrected chi connectivity index (χ2v) is 6.14. The van der Waals surface area contributed by atoms with Crippen molar-refractivity contribution in [2.24, 2.45) is 0 Å². The highest BCUT2D eigenvalue weighted by Gasteiger charge is 2.13. The van der Waals surface area contributed by atoms with Crippen LogP contribution in [0.2, 0.25) is 0 Å². The number of carbonyl (C=O) groups is 1. The van der Waals surface area contributed by atoms with Crippen LogP contribution in [0.1, 0.15) is 0 Å². The molecule has 1 aromatic heterocycles. The van der Waals surface area contributed by atoms with Gasteiger partial charge in [-0.1, -0.05) is 12.1 Å². The van der Waals surface area contributed by atoms with E-state index in [2.05, 4.69) is 10.4 Å². The molecule has 1 amide bonds. The molecule has 0 aliphatic heterocycles. The number of hydrogen-bond donors (Lipinski definition) is 1. The molecule has 0 aliphatic rings. The minimum atomic E-state index is -0.519. The quantitative estimate of drug-likeness (QED) is 0.468. The third kappa shape index (κ3) is 4.61. The van der Waals surface area contributed by atoms with Crippen molar-refractivity contribution in [3.63, 3.8) is 0 Å². The zero-order chi connectivity index (χ0) is 21.7. The van der Waals surface area contributed by atoms with Gasteiger partial charge in [0.05, 0.1) is 30.5 Å². The maximum atomic E-state index is 12.5. The Morgan fingerprint density at radius 3 is 2.63 bits per heavy atom. The van der Waals surface area contributed by atoms with Gasteiger partial charge in [-0.2, -0.15) is 5.10 Å². The molecule has 10 nitrogen and oxygen atoms in total. The topological polar surface area (TPSA) is 126 Å². The second kappa shape index (κ2) is 8.86. The average molecular weight is 410 g/mol. The number of benzene rings is 2. The normalized spacial score (nSPS) is 10.3. The summed E-state index contributed by atoms with van der Waals surface area (Å²) < 4.78 is 11.3. The molecule has 0 radical (unpaired) electrons. The highest BCUT2D eigenvalue weighted by molar-refractivity contribution is 5.92. The maximum Gasteiger partial charge on any atom is 0.270 e. The average Bonchev–Trinajstić information content (AvgIpc) is 2.75. The number of nitrogens with zero attached hydrogens (tertiary/aromatic N) is 3. The summed E-state index contributed by atoms with van der Waals surface area (Å²) in [7, 11) is 2.97. The van der Waals surface area contributed by atoms with E-state index in [0.29, 0.717) is 28.4 Å². The number of hydrogen-bond acceptors (Lipinski definition) is 7. The van der Waals surface area contributed by atoms with E-state index < -0.39 is 16.4 Å². The number of ether oxygens (including phenoxy) is 2. The maximum absolute atomic E-state index is 12.5. The van der Waals surface area contributed by atoms with E-state index >= 15 is 0 Å². The molecule has 0 bridgehead atoms. The molecular weight excluding hydrogens is 392 g/mol. The summed E-state index contributed by atoms with van der Waals surface area (Å²) in [6.07, 6.45) is 0. The van der Waals surface area contributed by atoms with Gasteiger partial charge in [0.15, 0.2) is 0 Å². The van der Waals surface area contributed by atoms with Gasteiger partial charge >= 0.3 is 0 Å². The molecule has 30 heavy (non-hydrogen) atoms. The lowest BCUT2D eigenvalue weighted by Gasteiger charge is -2.12. The van der Waals surface area contributed by atoms with Crippen LogP contribution in [0.15, 0.2) is 59.4 Å². The number of non-ortho nitro benzene ring substituents is 1. The van der Waals surface area contributed by atoms with Crippen LogP contribution in [0.5, 0.6) is 11.5 Å². The first-order valence-corrected chi connectivity index (χ1v) is 8.76. The van der Waals surface area contributed by atoms with Gasteiger partial charge in [-0.25, -0.2) is 4.68 Å². The fraction of sp³-hybridized carbons (Fsp3) is 0.150. The molecule has 0 saturated heterocycles. The second-order valence-electron chi connectivity index (χ2n) is 6.14. The lowest BCUT2D eigenvalue weighted by molar-refractivity contribution is -0.384. The summed E-state index contributed by atoms with van der Waals surface area (Å²) in [6.45, 7) is -0.350. The van der Waals surface area contributed by atoms with Crippen molar-refractivity contribution in [2.75, 3.05) is 19.5 Å². The van der Waals surface area contributed by atoms with E-state index in [-0.39, 0.29) is 12.2 Å². The van der Waals surface area contributed by atoms with Crippen molar-refractivity contribution < 1.29 is 19.2 Å². The standard InChI is InChI=1S/C20H18N4O6/c1-29-15-6-7-17(18(11-15)30-2)21-19(25)12-23-20(26)9-8-16(22-23)13-4-3-5-14(10-13)24(27)28/h3-11H,12H2,1-2H3,(H,21,25). The van der Waals surface area contributed by atoms with Gasteiger partial charge in [0.25, 0.3) is 11.2 Å². The Morgan fingerprint density at radius 1 is 1.13 bits per heavy atom. The monoisotopic (exact) mass is 410 g/mol. The third-order valence-electron chi connectivity index (χ3n) is 4.20. The molecule has 154 valence electrons. The minimum Gasteiger partial charge on any atom is -0.497 e. The molecule has 1 heterocycles. The number of nitro groups is 1. The molecule has 1 N–H and O–H groups in total. The first-order valence-electron chi connectivity index (χ1n) is 8.76. The number of anilines is 1. The van der Waals surface area contributed by atoms with Gasteiger partial charge in [0.1, 0.15) is 18.0 Å². The number of methoxy groups -OCH3 is 2. The summed E-state index contributed by atoms with van der Waals surface area (Å²) in [6, 6.07) is 13.4. The largest absolute Gasteiger partial charge is 0.497 e. The SMILES string of the molecule is COc1ccc(NC(=O)Cn2nc(-c3cccc([N+](=O)[O-])c3)ccc2=O)c(OC)c1. The van der Waals surface area contributed by atoms with Crippen LogP contribution >= 0.6 is 0 Å². The molecule has 2 aromatic carbocycles. The van der Waals surface area contributed by atoms with Crippen molar-refractivity contribution in [1.82, 2.24) is 9.78 Å². The molecule has 0 spiro atoms. The van der Waals surface area contributed by atoms with Crippen LogP contribution in [0.4, 0.5) is 11.4 Å². The Kier molecular flexibility index (Phi) is 6.06. The van der Waals surface area contributed by atoms with Crippen LogP contribution in [-0.4, -0.2) is 34.8 Å².